The van der Waals surface area contributed by atoms with Crippen LogP contribution in [-0.2, 0) is 0 Å². The second-order valence-corrected chi connectivity index (χ2v) is 0.566. The van der Waals surface area contributed by atoms with Crippen LogP contribution in [0.5, 0.6) is 0 Å². The lowest BCUT2D eigenvalue weighted by atomic mass is 10.9. The van der Waals surface area contributed by atoms with Gasteiger partial charge in [-0.3, -0.25) is 0 Å². The van der Waals surface area contributed by atoms with Crippen LogP contribution in [0.2, 0.25) is 0 Å². The van der Waals surface area contributed by atoms with E-state index in [1.807, 2.05) is 0 Å². The van der Waals surface area contributed by atoms with E-state index < -0.39 is 0 Å². The predicted molar refractivity (Wildman–Crippen MR) is 27.5 cm³/mol. The van der Waals surface area contributed by atoms with Crippen molar-refractivity contribution in [3.05, 3.63) is 18.9 Å². The molecule has 1 nitrogen and oxygen atoms in total. The van der Waals surface area contributed by atoms with E-state index in [9.17, 15) is 0 Å². The zero-order valence-corrected chi connectivity index (χ0v) is 4.07. The van der Waals surface area contributed by atoms with Crippen LogP contribution >= 0.6 is 0 Å². The maximum absolute atomic E-state index is 7.57. The fourth-order valence-electron chi connectivity index (χ4n) is 0. The number of aliphatic hydroxyl groups is 1. The minimum Gasteiger partial charge on any atom is -0.397 e. The lowest BCUT2D eigenvalue weighted by molar-refractivity contribution is 0.318. The Kier molecular flexibility index (Phi) is 37.5. The molecule has 0 aliphatic rings. The highest BCUT2D eigenvalue weighted by molar-refractivity contribution is 4.51. The molecule has 36 valence electrons. The Morgan fingerprint density at radius 2 is 1.67 bits per heavy atom. The first-order chi connectivity index (χ1) is 2.83. The van der Waals surface area contributed by atoms with Gasteiger partial charge >= 0.3 is 0 Å². The first-order valence-corrected chi connectivity index (χ1v) is 1.73. The van der Waals surface area contributed by atoms with Crippen molar-refractivity contribution in [2.75, 3.05) is 6.61 Å². The number of aliphatic hydroxyl groups excluding tert-OH is 1. The Hall–Kier alpha value is -0.520. The Balaban J connectivity index is 0. The highest BCUT2D eigenvalue weighted by atomic mass is 16.2. The van der Waals surface area contributed by atoms with Gasteiger partial charge in [0, 0.05) is 6.61 Å². The molecule has 0 spiro atoms. The van der Waals surface area contributed by atoms with Crippen molar-refractivity contribution in [3.63, 3.8) is 0 Å². The van der Waals surface area contributed by atoms with E-state index in [2.05, 4.69) is 18.9 Å². The van der Waals surface area contributed by atoms with Gasteiger partial charge in [0.2, 0.25) is 0 Å². The third kappa shape index (κ3) is 79.2. The Labute approximate surface area is 38.6 Å². The van der Waals surface area contributed by atoms with Gasteiger partial charge in [0.25, 0.3) is 0 Å². The quantitative estimate of drug-likeness (QED) is 0.435. The van der Waals surface area contributed by atoms with Gasteiger partial charge in [0.05, 0.1) is 0 Å². The van der Waals surface area contributed by atoms with Crippen LogP contribution in [0, 0.1) is 0 Å². The monoisotopic (exact) mass is 86.1 g/mol. The zero-order chi connectivity index (χ0) is 5.41. The standard InChI is InChI=1S/C3H4.C2H6O/c1-3-2;1-2-3/h1-2H2;3H,2H2,1H3. The second-order valence-electron chi connectivity index (χ2n) is 0.566. The maximum Gasteiger partial charge on any atom is 0.0402 e. The van der Waals surface area contributed by atoms with Gasteiger partial charge in [-0.2, -0.15) is 0 Å². The first kappa shape index (κ1) is 9.08. The van der Waals surface area contributed by atoms with E-state index >= 15 is 0 Å². The average molecular weight is 86.1 g/mol. The Morgan fingerprint density at radius 1 is 1.67 bits per heavy atom. The molecule has 0 radical (unpaired) electrons. The lowest BCUT2D eigenvalue weighted by Gasteiger charge is -1.52. The molecule has 0 saturated heterocycles. The molecular weight excluding hydrogens is 76.1 g/mol. The minimum absolute atomic E-state index is 0.250. The molecular formula is C5H10O. The van der Waals surface area contributed by atoms with Gasteiger partial charge in [-0.15, -0.1) is 5.73 Å². The second kappa shape index (κ2) is 24.8. The fraction of sp³-hybridized carbons (Fsp3) is 0.400. The zero-order valence-electron chi connectivity index (χ0n) is 4.07. The van der Waals surface area contributed by atoms with E-state index in [0.29, 0.717) is 0 Å². The van der Waals surface area contributed by atoms with Crippen molar-refractivity contribution in [2.24, 2.45) is 0 Å². The van der Waals surface area contributed by atoms with Crippen LogP contribution in [0.25, 0.3) is 0 Å². The largest absolute Gasteiger partial charge is 0.397 e. The first-order valence-electron chi connectivity index (χ1n) is 1.73. The lowest BCUT2D eigenvalue weighted by Crippen LogP contribution is -1.57. The summed E-state index contributed by atoms with van der Waals surface area (Å²) in [4.78, 5) is 0. The normalized spacial score (nSPS) is 4.33. The molecule has 0 aliphatic heterocycles. The van der Waals surface area contributed by atoms with E-state index in [1.54, 1.807) is 6.92 Å². The highest BCUT2D eigenvalue weighted by Crippen LogP contribution is 1.30. The molecule has 6 heavy (non-hydrogen) atoms. The van der Waals surface area contributed by atoms with Crippen LogP contribution < -0.4 is 0 Å². The van der Waals surface area contributed by atoms with Crippen molar-refractivity contribution in [1.29, 1.82) is 0 Å². The van der Waals surface area contributed by atoms with Crippen LogP contribution in [0.15, 0.2) is 18.9 Å². The molecule has 0 aromatic carbocycles. The van der Waals surface area contributed by atoms with Gasteiger partial charge < -0.3 is 5.11 Å². The van der Waals surface area contributed by atoms with Crippen LogP contribution in [0.1, 0.15) is 6.92 Å². The van der Waals surface area contributed by atoms with Gasteiger partial charge in [-0.25, -0.2) is 0 Å². The van der Waals surface area contributed by atoms with Crippen LogP contribution in [0.3, 0.4) is 0 Å². The third-order valence-corrected chi connectivity index (χ3v) is 0. The molecule has 0 fully saturated rings. The van der Waals surface area contributed by atoms with Crippen molar-refractivity contribution < 1.29 is 5.11 Å². The van der Waals surface area contributed by atoms with Crippen molar-refractivity contribution in [1.82, 2.24) is 0 Å². The van der Waals surface area contributed by atoms with Crippen LogP contribution in [-0.4, -0.2) is 11.7 Å². The average Bonchev–Trinajstić information content (AvgIpc) is 1.39. The molecule has 1 heteroatoms. The summed E-state index contributed by atoms with van der Waals surface area (Å²) in [5, 5.41) is 7.57. The molecule has 0 amide bonds. The van der Waals surface area contributed by atoms with Gasteiger partial charge in [0.15, 0.2) is 0 Å². The molecule has 0 aromatic rings. The van der Waals surface area contributed by atoms with Gasteiger partial charge in [-0.1, -0.05) is 13.2 Å². The number of rotatable bonds is 0. The number of hydrogen-bond donors (Lipinski definition) is 1. The summed E-state index contributed by atoms with van der Waals surface area (Å²) in [6.07, 6.45) is 0. The molecule has 1 N–H and O–H groups in total. The van der Waals surface area contributed by atoms with Crippen molar-refractivity contribution >= 4 is 0 Å². The minimum atomic E-state index is 0.250. The summed E-state index contributed by atoms with van der Waals surface area (Å²) in [6.45, 7) is 8.18. The predicted octanol–water partition coefficient (Wildman–Crippen LogP) is 0.956. The third-order valence-electron chi connectivity index (χ3n) is 0. The van der Waals surface area contributed by atoms with Crippen LogP contribution in [0.4, 0.5) is 0 Å². The van der Waals surface area contributed by atoms with E-state index in [-0.39, 0.29) is 6.61 Å². The summed E-state index contributed by atoms with van der Waals surface area (Å²) in [6, 6.07) is 0. The van der Waals surface area contributed by atoms with E-state index in [1.165, 1.54) is 0 Å². The van der Waals surface area contributed by atoms with Gasteiger partial charge in [0.1, 0.15) is 0 Å². The summed E-state index contributed by atoms with van der Waals surface area (Å²) < 4.78 is 0. The molecule has 0 heterocycles. The summed E-state index contributed by atoms with van der Waals surface area (Å²) in [5.41, 5.74) is 2.25. The molecule has 0 saturated carbocycles. The maximum atomic E-state index is 7.57. The van der Waals surface area contributed by atoms with Gasteiger partial charge in [-0.05, 0) is 6.92 Å². The van der Waals surface area contributed by atoms with E-state index in [0.717, 1.165) is 0 Å². The summed E-state index contributed by atoms with van der Waals surface area (Å²) in [7, 11) is 0. The summed E-state index contributed by atoms with van der Waals surface area (Å²) in [5.74, 6) is 0. The molecule has 0 aliphatic carbocycles. The molecule has 0 atom stereocenters. The molecule has 0 aromatic heterocycles. The SMILES string of the molecule is C=C=C.CCO. The topological polar surface area (TPSA) is 20.2 Å². The molecule has 0 unspecified atom stereocenters. The fourth-order valence-corrected chi connectivity index (χ4v) is 0. The Morgan fingerprint density at radius 3 is 1.67 bits per heavy atom. The van der Waals surface area contributed by atoms with E-state index in [4.69, 9.17) is 5.11 Å². The smallest absolute Gasteiger partial charge is 0.0402 e. The van der Waals surface area contributed by atoms with Crippen molar-refractivity contribution in [2.45, 2.75) is 6.92 Å². The molecule has 0 rings (SSSR count). The Bertz CT molecular complexity index is 33.2. The number of hydrogen-bond acceptors (Lipinski definition) is 1. The summed E-state index contributed by atoms with van der Waals surface area (Å²) >= 11 is 0. The molecule has 0 bridgehead atoms. The highest BCUT2D eigenvalue weighted by Gasteiger charge is 1.34. The van der Waals surface area contributed by atoms with Crippen molar-refractivity contribution in [3.8, 4) is 0 Å².